The summed E-state index contributed by atoms with van der Waals surface area (Å²) in [5, 5.41) is 12.0. The molecule has 2 aromatic rings. The normalized spacial score (nSPS) is 13.2. The quantitative estimate of drug-likeness (QED) is 0.318. The highest BCUT2D eigenvalue weighted by Gasteiger charge is 2.37. The van der Waals surface area contributed by atoms with E-state index in [0.29, 0.717) is 12.1 Å². The summed E-state index contributed by atoms with van der Waals surface area (Å²) in [6, 6.07) is 6.55. The summed E-state index contributed by atoms with van der Waals surface area (Å²) in [6.45, 7) is 0. The summed E-state index contributed by atoms with van der Waals surface area (Å²) in [6.07, 6.45) is -10.0. The third kappa shape index (κ3) is 3.81. The van der Waals surface area contributed by atoms with Crippen LogP contribution in [0.5, 0.6) is 0 Å². The molecule has 24 heavy (non-hydrogen) atoms. The van der Waals surface area contributed by atoms with Gasteiger partial charge in [0.15, 0.2) is 0 Å². The van der Waals surface area contributed by atoms with Gasteiger partial charge in [0, 0.05) is 11.1 Å². The maximum absolute atomic E-state index is 12.9. The molecule has 0 saturated carbocycles. The van der Waals surface area contributed by atoms with Crippen molar-refractivity contribution in [3.8, 4) is 0 Å². The Morgan fingerprint density at radius 2 is 1.38 bits per heavy atom. The molecule has 2 rings (SSSR count). The molecule has 0 fully saturated rings. The molecule has 0 amide bonds. The standard InChI is InChI=1S/C15H8ClF6NO/c16-12-4-2-1-3-11(12)13(23-24)8-5-9(14(17,18)19)7-10(6-8)15(20,21)22/h1-7,24H/b23-13-. The fourth-order valence-corrected chi connectivity index (χ4v) is 2.24. The van der Waals surface area contributed by atoms with Crippen molar-refractivity contribution in [3.05, 3.63) is 69.7 Å². The summed E-state index contributed by atoms with van der Waals surface area (Å²) in [5.41, 5.74) is -4.10. The predicted molar refractivity (Wildman–Crippen MR) is 75.3 cm³/mol. The zero-order valence-corrected chi connectivity index (χ0v) is 12.3. The predicted octanol–water partition coefficient (Wildman–Crippen LogP) is 5.60. The Morgan fingerprint density at radius 3 is 1.79 bits per heavy atom. The second kappa shape index (κ2) is 6.35. The molecule has 0 aliphatic carbocycles. The van der Waals surface area contributed by atoms with E-state index in [4.69, 9.17) is 16.8 Å². The summed E-state index contributed by atoms with van der Waals surface area (Å²) < 4.78 is 77.3. The highest BCUT2D eigenvalue weighted by Crippen LogP contribution is 2.37. The third-order valence-electron chi connectivity index (χ3n) is 3.09. The molecule has 0 spiro atoms. The molecule has 0 saturated heterocycles. The van der Waals surface area contributed by atoms with Gasteiger partial charge in [0.1, 0.15) is 5.71 Å². The molecule has 128 valence electrons. The minimum atomic E-state index is -5.00. The van der Waals surface area contributed by atoms with Gasteiger partial charge in [-0.2, -0.15) is 26.3 Å². The number of rotatable bonds is 2. The number of oxime groups is 1. The zero-order chi connectivity index (χ0) is 18.1. The van der Waals surface area contributed by atoms with Crippen LogP contribution in [-0.2, 0) is 12.4 Å². The zero-order valence-electron chi connectivity index (χ0n) is 11.6. The minimum absolute atomic E-state index is 0.00545. The van der Waals surface area contributed by atoms with E-state index in [1.807, 2.05) is 0 Å². The van der Waals surface area contributed by atoms with Gasteiger partial charge in [-0.05, 0) is 24.3 Å². The van der Waals surface area contributed by atoms with Crippen LogP contribution in [0.2, 0.25) is 5.02 Å². The fourth-order valence-electron chi connectivity index (χ4n) is 2.01. The van der Waals surface area contributed by atoms with E-state index in [2.05, 4.69) is 5.16 Å². The number of halogens is 7. The van der Waals surface area contributed by atoms with Crippen molar-refractivity contribution >= 4 is 17.3 Å². The molecule has 0 bridgehead atoms. The van der Waals surface area contributed by atoms with Crippen LogP contribution < -0.4 is 0 Å². The van der Waals surface area contributed by atoms with Crippen LogP contribution in [0.15, 0.2) is 47.6 Å². The Morgan fingerprint density at radius 1 is 0.875 bits per heavy atom. The van der Waals surface area contributed by atoms with E-state index in [0.717, 1.165) is 0 Å². The van der Waals surface area contributed by atoms with Gasteiger partial charge in [-0.25, -0.2) is 0 Å². The first-order valence-corrected chi connectivity index (χ1v) is 6.68. The topological polar surface area (TPSA) is 32.6 Å². The Hall–Kier alpha value is -2.22. The van der Waals surface area contributed by atoms with E-state index in [1.165, 1.54) is 24.3 Å². The van der Waals surface area contributed by atoms with Crippen LogP contribution in [0, 0.1) is 0 Å². The summed E-state index contributed by atoms with van der Waals surface area (Å²) in [4.78, 5) is 0. The van der Waals surface area contributed by atoms with E-state index in [1.54, 1.807) is 0 Å². The molecule has 0 radical (unpaired) electrons. The Bertz CT molecular complexity index is 750. The fraction of sp³-hybridized carbons (Fsp3) is 0.133. The molecular formula is C15H8ClF6NO. The van der Waals surface area contributed by atoms with Crippen molar-refractivity contribution in [3.63, 3.8) is 0 Å². The summed E-state index contributed by atoms with van der Waals surface area (Å²) >= 11 is 5.87. The largest absolute Gasteiger partial charge is 0.416 e. The number of alkyl halides is 6. The first kappa shape index (κ1) is 18.1. The number of hydrogen-bond acceptors (Lipinski definition) is 2. The molecule has 1 N–H and O–H groups in total. The summed E-state index contributed by atoms with van der Waals surface area (Å²) in [5.74, 6) is 0. The SMILES string of the molecule is O/N=C(/c1cc(C(F)(F)F)cc(C(F)(F)F)c1)c1ccccc1Cl. The minimum Gasteiger partial charge on any atom is -0.410 e. The first-order chi connectivity index (χ1) is 11.0. The maximum Gasteiger partial charge on any atom is 0.416 e. The second-order valence-electron chi connectivity index (χ2n) is 4.72. The van der Waals surface area contributed by atoms with Crippen molar-refractivity contribution in [2.45, 2.75) is 12.4 Å². The molecule has 2 aromatic carbocycles. The highest BCUT2D eigenvalue weighted by atomic mass is 35.5. The lowest BCUT2D eigenvalue weighted by Gasteiger charge is -2.15. The molecule has 2 nitrogen and oxygen atoms in total. The average Bonchev–Trinajstić information content (AvgIpc) is 2.48. The molecule has 9 heteroatoms. The lowest BCUT2D eigenvalue weighted by atomic mass is 9.97. The molecule has 0 atom stereocenters. The first-order valence-electron chi connectivity index (χ1n) is 6.31. The maximum atomic E-state index is 12.9. The molecule has 0 heterocycles. The van der Waals surface area contributed by atoms with Crippen LogP contribution in [0.1, 0.15) is 22.3 Å². The van der Waals surface area contributed by atoms with E-state index >= 15 is 0 Å². The van der Waals surface area contributed by atoms with Gasteiger partial charge < -0.3 is 5.21 Å². The second-order valence-corrected chi connectivity index (χ2v) is 5.13. The van der Waals surface area contributed by atoms with Gasteiger partial charge in [-0.15, -0.1) is 0 Å². The number of benzene rings is 2. The van der Waals surface area contributed by atoms with Crippen LogP contribution in [0.3, 0.4) is 0 Å². The summed E-state index contributed by atoms with van der Waals surface area (Å²) in [7, 11) is 0. The van der Waals surface area contributed by atoms with Crippen LogP contribution in [0.4, 0.5) is 26.3 Å². The van der Waals surface area contributed by atoms with Crippen molar-refractivity contribution in [2.24, 2.45) is 5.16 Å². The monoisotopic (exact) mass is 367 g/mol. The average molecular weight is 368 g/mol. The third-order valence-corrected chi connectivity index (χ3v) is 3.42. The smallest absolute Gasteiger partial charge is 0.410 e. The molecule has 0 aliphatic heterocycles. The van der Waals surface area contributed by atoms with Crippen LogP contribution >= 0.6 is 11.6 Å². The lowest BCUT2D eigenvalue weighted by molar-refractivity contribution is -0.143. The van der Waals surface area contributed by atoms with Gasteiger partial charge in [0.2, 0.25) is 0 Å². The number of nitrogens with zero attached hydrogens (tertiary/aromatic N) is 1. The van der Waals surface area contributed by atoms with Gasteiger partial charge in [0.05, 0.1) is 16.1 Å². The van der Waals surface area contributed by atoms with E-state index in [9.17, 15) is 26.3 Å². The Kier molecular flexibility index (Phi) is 4.80. The van der Waals surface area contributed by atoms with Crippen LogP contribution in [0.25, 0.3) is 0 Å². The highest BCUT2D eigenvalue weighted by molar-refractivity contribution is 6.35. The van der Waals surface area contributed by atoms with Crippen molar-refractivity contribution in [1.29, 1.82) is 0 Å². The van der Waals surface area contributed by atoms with Gasteiger partial charge >= 0.3 is 12.4 Å². The Labute approximate surface area is 137 Å². The van der Waals surface area contributed by atoms with Gasteiger partial charge in [-0.3, -0.25) is 0 Å². The van der Waals surface area contributed by atoms with Crippen LogP contribution in [-0.4, -0.2) is 10.9 Å². The molecule has 0 unspecified atom stereocenters. The van der Waals surface area contributed by atoms with Gasteiger partial charge in [0.25, 0.3) is 0 Å². The Balaban J connectivity index is 2.71. The van der Waals surface area contributed by atoms with Crippen molar-refractivity contribution in [2.75, 3.05) is 0 Å². The van der Waals surface area contributed by atoms with E-state index < -0.39 is 34.8 Å². The van der Waals surface area contributed by atoms with E-state index in [-0.39, 0.29) is 16.7 Å². The molecular weight excluding hydrogens is 360 g/mol. The number of hydrogen-bond donors (Lipinski definition) is 1. The lowest BCUT2D eigenvalue weighted by Crippen LogP contribution is -2.14. The van der Waals surface area contributed by atoms with Crippen molar-refractivity contribution in [1.82, 2.24) is 0 Å². The van der Waals surface area contributed by atoms with Crippen molar-refractivity contribution < 1.29 is 31.5 Å². The molecule has 0 aromatic heterocycles. The van der Waals surface area contributed by atoms with Gasteiger partial charge in [-0.1, -0.05) is 35.0 Å². The molecule has 0 aliphatic rings.